The number of pyridine rings is 1. The van der Waals surface area contributed by atoms with Crippen molar-refractivity contribution in [1.29, 1.82) is 0 Å². The van der Waals surface area contributed by atoms with E-state index in [9.17, 15) is 9.18 Å². The minimum atomic E-state index is -0.600. The molecule has 0 saturated heterocycles. The number of hydrogen-bond acceptors (Lipinski definition) is 3. The first-order chi connectivity index (χ1) is 9.06. The fraction of sp³-hybridized carbons (Fsp3) is 0.250. The van der Waals surface area contributed by atoms with Gasteiger partial charge in [0, 0.05) is 12.7 Å². The summed E-state index contributed by atoms with van der Waals surface area (Å²) in [5.74, 6) is -1.06. The molecule has 2 heterocycles. The normalized spacial score (nSPS) is 10.5. The lowest BCUT2D eigenvalue weighted by Crippen LogP contribution is -2.27. The van der Waals surface area contributed by atoms with Crippen LogP contribution in [-0.4, -0.2) is 27.2 Å². The summed E-state index contributed by atoms with van der Waals surface area (Å²) in [4.78, 5) is 15.4. The van der Waals surface area contributed by atoms with Crippen LogP contribution in [0.5, 0.6) is 0 Å². The molecule has 2 aromatic rings. The van der Waals surface area contributed by atoms with Crippen LogP contribution in [0, 0.1) is 12.7 Å². The van der Waals surface area contributed by atoms with Crippen molar-refractivity contribution in [3.05, 3.63) is 46.8 Å². The molecule has 0 radical (unpaired) electrons. The van der Waals surface area contributed by atoms with E-state index < -0.39 is 11.7 Å². The van der Waals surface area contributed by atoms with E-state index in [1.807, 2.05) is 13.1 Å². The van der Waals surface area contributed by atoms with E-state index >= 15 is 0 Å². The molecule has 0 atom stereocenters. The van der Waals surface area contributed by atoms with Crippen LogP contribution in [0.4, 0.5) is 4.39 Å². The summed E-state index contributed by atoms with van der Waals surface area (Å²) in [6, 6.07) is 1.06. The van der Waals surface area contributed by atoms with Gasteiger partial charge in [0.2, 0.25) is 0 Å². The van der Waals surface area contributed by atoms with E-state index in [4.69, 9.17) is 11.6 Å². The molecule has 0 aliphatic rings. The van der Waals surface area contributed by atoms with Crippen molar-refractivity contribution >= 4 is 17.5 Å². The topological polar surface area (TPSA) is 59.8 Å². The van der Waals surface area contributed by atoms with Crippen molar-refractivity contribution in [1.82, 2.24) is 20.1 Å². The van der Waals surface area contributed by atoms with Gasteiger partial charge in [-0.15, -0.1) is 0 Å². The van der Waals surface area contributed by atoms with Crippen LogP contribution in [0.1, 0.15) is 15.9 Å². The molecule has 0 bridgehead atoms. The van der Waals surface area contributed by atoms with Gasteiger partial charge in [-0.05, 0) is 18.6 Å². The van der Waals surface area contributed by atoms with Gasteiger partial charge in [0.15, 0.2) is 0 Å². The first-order valence-corrected chi connectivity index (χ1v) is 6.02. The van der Waals surface area contributed by atoms with E-state index in [0.717, 1.165) is 17.8 Å². The molecule has 0 aliphatic carbocycles. The Bertz CT molecular complexity index is 599. The Morgan fingerprint density at radius 1 is 1.53 bits per heavy atom. The van der Waals surface area contributed by atoms with Gasteiger partial charge in [-0.3, -0.25) is 9.48 Å². The van der Waals surface area contributed by atoms with Crippen LogP contribution >= 0.6 is 11.6 Å². The van der Waals surface area contributed by atoms with Crippen molar-refractivity contribution in [3.63, 3.8) is 0 Å². The summed E-state index contributed by atoms with van der Waals surface area (Å²) >= 11 is 5.73. The Morgan fingerprint density at radius 2 is 2.32 bits per heavy atom. The highest BCUT2D eigenvalue weighted by Gasteiger charge is 2.12. The van der Waals surface area contributed by atoms with Crippen molar-refractivity contribution < 1.29 is 9.18 Å². The van der Waals surface area contributed by atoms with Gasteiger partial charge in [-0.25, -0.2) is 9.37 Å². The second kappa shape index (κ2) is 5.79. The average Bonchev–Trinajstić information content (AvgIpc) is 2.78. The highest BCUT2D eigenvalue weighted by molar-refractivity contribution is 6.32. The van der Waals surface area contributed by atoms with Crippen LogP contribution in [0.2, 0.25) is 5.15 Å². The van der Waals surface area contributed by atoms with Gasteiger partial charge in [0.05, 0.1) is 24.5 Å². The Labute approximate surface area is 114 Å². The van der Waals surface area contributed by atoms with Gasteiger partial charge in [0.25, 0.3) is 5.91 Å². The largest absolute Gasteiger partial charge is 0.350 e. The molecule has 0 saturated carbocycles. The number of carbonyl (C=O) groups excluding carboxylic acids is 1. The molecule has 0 spiro atoms. The fourth-order valence-electron chi connectivity index (χ4n) is 1.55. The SMILES string of the molecule is Cc1cnn(CCNC(=O)c2cc(F)cnc2Cl)c1. The van der Waals surface area contributed by atoms with E-state index in [1.165, 1.54) is 0 Å². The lowest BCUT2D eigenvalue weighted by molar-refractivity contribution is 0.0951. The highest BCUT2D eigenvalue weighted by atomic mass is 35.5. The minimum absolute atomic E-state index is 0.0196. The van der Waals surface area contributed by atoms with E-state index in [2.05, 4.69) is 15.4 Å². The molecule has 7 heteroatoms. The number of nitrogens with one attached hydrogen (secondary N) is 1. The van der Waals surface area contributed by atoms with Gasteiger partial charge in [0.1, 0.15) is 11.0 Å². The summed E-state index contributed by atoms with van der Waals surface area (Å²) in [7, 11) is 0. The van der Waals surface area contributed by atoms with E-state index in [-0.39, 0.29) is 10.7 Å². The minimum Gasteiger partial charge on any atom is -0.350 e. The maximum Gasteiger partial charge on any atom is 0.254 e. The summed E-state index contributed by atoms with van der Waals surface area (Å²) in [5.41, 5.74) is 1.07. The molecule has 2 rings (SSSR count). The molecule has 0 aromatic carbocycles. The standard InChI is InChI=1S/C12H12ClFN4O/c1-8-5-17-18(7-8)3-2-15-12(19)10-4-9(14)6-16-11(10)13/h4-7H,2-3H2,1H3,(H,15,19). The maximum absolute atomic E-state index is 13.0. The van der Waals surface area contributed by atoms with E-state index in [1.54, 1.807) is 10.9 Å². The predicted molar refractivity (Wildman–Crippen MR) is 68.5 cm³/mol. The number of halogens is 2. The molecule has 1 N–H and O–H groups in total. The Hall–Kier alpha value is -1.95. The molecular weight excluding hydrogens is 271 g/mol. The third-order valence-electron chi connectivity index (χ3n) is 2.44. The molecule has 1 amide bonds. The van der Waals surface area contributed by atoms with Crippen molar-refractivity contribution in [3.8, 4) is 0 Å². The van der Waals surface area contributed by atoms with Crippen molar-refractivity contribution in [2.24, 2.45) is 0 Å². The maximum atomic E-state index is 13.0. The number of aromatic nitrogens is 3. The quantitative estimate of drug-likeness (QED) is 0.870. The molecule has 5 nitrogen and oxygen atoms in total. The van der Waals surface area contributed by atoms with Gasteiger partial charge >= 0.3 is 0 Å². The number of amides is 1. The zero-order valence-electron chi connectivity index (χ0n) is 10.2. The number of carbonyl (C=O) groups is 1. The van der Waals surface area contributed by atoms with Crippen LogP contribution in [0.15, 0.2) is 24.7 Å². The predicted octanol–water partition coefficient (Wildman–Crippen LogP) is 1.81. The number of aryl methyl sites for hydroxylation is 1. The smallest absolute Gasteiger partial charge is 0.254 e. The van der Waals surface area contributed by atoms with Crippen LogP contribution < -0.4 is 5.32 Å². The first kappa shape index (κ1) is 13.5. The van der Waals surface area contributed by atoms with Crippen LogP contribution in [0.3, 0.4) is 0 Å². The van der Waals surface area contributed by atoms with E-state index in [0.29, 0.717) is 13.1 Å². The second-order valence-corrected chi connectivity index (χ2v) is 4.39. The summed E-state index contributed by atoms with van der Waals surface area (Å²) in [5, 5.41) is 6.70. The van der Waals surface area contributed by atoms with Crippen molar-refractivity contribution in [2.75, 3.05) is 6.54 Å². The third kappa shape index (κ3) is 3.51. The zero-order valence-corrected chi connectivity index (χ0v) is 11.0. The Balaban J connectivity index is 1.92. The summed E-state index contributed by atoms with van der Waals surface area (Å²) in [6.45, 7) is 2.83. The fourth-order valence-corrected chi connectivity index (χ4v) is 1.74. The Morgan fingerprint density at radius 3 is 3.00 bits per heavy atom. The second-order valence-electron chi connectivity index (χ2n) is 4.03. The molecule has 0 aliphatic heterocycles. The lowest BCUT2D eigenvalue weighted by Gasteiger charge is -2.06. The van der Waals surface area contributed by atoms with Crippen LogP contribution in [0.25, 0.3) is 0 Å². The molecule has 19 heavy (non-hydrogen) atoms. The number of rotatable bonds is 4. The van der Waals surface area contributed by atoms with Gasteiger partial charge in [-0.1, -0.05) is 11.6 Å². The number of hydrogen-bond donors (Lipinski definition) is 1. The highest BCUT2D eigenvalue weighted by Crippen LogP contribution is 2.13. The van der Waals surface area contributed by atoms with Crippen LogP contribution in [-0.2, 0) is 6.54 Å². The number of nitrogens with zero attached hydrogens (tertiary/aromatic N) is 3. The molecule has 0 fully saturated rings. The third-order valence-corrected chi connectivity index (χ3v) is 2.74. The average molecular weight is 283 g/mol. The Kier molecular flexibility index (Phi) is 4.11. The summed E-state index contributed by atoms with van der Waals surface area (Å²) < 4.78 is 14.7. The first-order valence-electron chi connectivity index (χ1n) is 5.64. The monoisotopic (exact) mass is 282 g/mol. The van der Waals surface area contributed by atoms with Gasteiger partial charge < -0.3 is 5.32 Å². The van der Waals surface area contributed by atoms with Crippen molar-refractivity contribution in [2.45, 2.75) is 13.5 Å². The zero-order chi connectivity index (χ0) is 13.8. The molecule has 100 valence electrons. The molecular formula is C12H12ClFN4O. The lowest BCUT2D eigenvalue weighted by atomic mass is 10.2. The van der Waals surface area contributed by atoms with Gasteiger partial charge in [-0.2, -0.15) is 5.10 Å². The molecule has 0 unspecified atom stereocenters. The molecule has 2 aromatic heterocycles. The summed E-state index contributed by atoms with van der Waals surface area (Å²) in [6.07, 6.45) is 4.56.